The summed E-state index contributed by atoms with van der Waals surface area (Å²) in [5.41, 5.74) is 0. The molecule has 0 aromatic carbocycles. The lowest BCUT2D eigenvalue weighted by atomic mass is 10.1. The van der Waals surface area contributed by atoms with E-state index < -0.39 is 6.10 Å². The van der Waals surface area contributed by atoms with Gasteiger partial charge in [-0.15, -0.1) is 0 Å². The molecule has 0 rings (SSSR count). The number of hydrogen-bond acceptors (Lipinski definition) is 4. The molecule has 0 radical (unpaired) electrons. The third kappa shape index (κ3) is 23.5. The number of unbranched alkanes of at least 4 members (excludes halogenated alkanes) is 12. The molecule has 1 unspecified atom stereocenters. The highest BCUT2D eigenvalue weighted by Crippen LogP contribution is 2.09. The van der Waals surface area contributed by atoms with Crippen molar-refractivity contribution < 1.29 is 19.4 Å². The van der Waals surface area contributed by atoms with E-state index in [1.54, 1.807) is 0 Å². The molecule has 0 aromatic heterocycles. The van der Waals surface area contributed by atoms with Gasteiger partial charge in [-0.05, 0) is 38.5 Å². The number of rotatable bonds is 24. The van der Waals surface area contributed by atoms with Crippen molar-refractivity contribution in [2.75, 3.05) is 19.8 Å². The Kier molecular flexibility index (Phi) is 25.2. The van der Waals surface area contributed by atoms with Crippen molar-refractivity contribution in [1.29, 1.82) is 0 Å². The second-order valence-electron chi connectivity index (χ2n) is 8.76. The van der Waals surface area contributed by atoms with Gasteiger partial charge >= 0.3 is 5.97 Å². The molecule has 0 aliphatic rings. The van der Waals surface area contributed by atoms with Crippen molar-refractivity contribution >= 4 is 5.97 Å². The van der Waals surface area contributed by atoms with Crippen LogP contribution in [0, 0.1) is 0 Å². The molecule has 0 saturated heterocycles. The Morgan fingerprint density at radius 2 is 1.34 bits per heavy atom. The summed E-state index contributed by atoms with van der Waals surface area (Å²) in [5.74, 6) is -0.220. The van der Waals surface area contributed by atoms with E-state index in [-0.39, 0.29) is 19.2 Å². The summed E-state index contributed by atoms with van der Waals surface area (Å²) in [6.07, 6.45) is 27.9. The third-order valence-electron chi connectivity index (χ3n) is 5.53. The highest BCUT2D eigenvalue weighted by Gasteiger charge is 2.13. The molecule has 0 amide bonds. The van der Waals surface area contributed by atoms with Crippen LogP contribution in [-0.2, 0) is 14.3 Å². The van der Waals surface area contributed by atoms with Gasteiger partial charge < -0.3 is 14.6 Å². The molecule has 4 heteroatoms. The van der Waals surface area contributed by atoms with Gasteiger partial charge in [-0.25, -0.2) is 0 Å². The van der Waals surface area contributed by atoms with Crippen molar-refractivity contribution in [2.24, 2.45) is 0 Å². The first-order valence-electron chi connectivity index (χ1n) is 13.4. The van der Waals surface area contributed by atoms with Crippen molar-refractivity contribution in [1.82, 2.24) is 0 Å². The smallest absolute Gasteiger partial charge is 0.306 e. The molecule has 1 N–H and O–H groups in total. The number of aliphatic hydroxyl groups excluding tert-OH is 1. The van der Waals surface area contributed by atoms with Gasteiger partial charge in [-0.2, -0.15) is 0 Å². The standard InChI is InChI=1S/C28H52O4/c1-3-5-7-9-10-11-12-13-14-15-16-17-18-20-22-24-31-26-27(25-29)32-28(30)23-21-19-8-6-4-2/h9-10,12-13,27,29H,3-8,11,14-26H2,1-2H3/b10-9-,13-12-. The molecule has 0 bridgehead atoms. The summed E-state index contributed by atoms with van der Waals surface area (Å²) >= 11 is 0. The largest absolute Gasteiger partial charge is 0.457 e. The highest BCUT2D eigenvalue weighted by molar-refractivity contribution is 5.69. The first-order valence-corrected chi connectivity index (χ1v) is 13.4. The van der Waals surface area contributed by atoms with Crippen molar-refractivity contribution in [3.63, 3.8) is 0 Å². The van der Waals surface area contributed by atoms with Crippen molar-refractivity contribution in [3.8, 4) is 0 Å². The second kappa shape index (κ2) is 26.1. The molecule has 32 heavy (non-hydrogen) atoms. The SMILES string of the molecule is CCCC/C=C\C/C=C\CCCCCCCCOCC(CO)OC(=O)CCCCCCC. The molecule has 188 valence electrons. The van der Waals surface area contributed by atoms with Crippen LogP contribution in [0.15, 0.2) is 24.3 Å². The Bertz CT molecular complexity index is 445. The van der Waals surface area contributed by atoms with Crippen LogP contribution >= 0.6 is 0 Å². The predicted octanol–water partition coefficient (Wildman–Crippen LogP) is 7.69. The molecule has 0 fully saturated rings. The Labute approximate surface area is 198 Å². The molecule has 1 atom stereocenters. The molecule has 0 aromatic rings. The molecule has 0 spiro atoms. The molecule has 0 saturated carbocycles. The van der Waals surface area contributed by atoms with E-state index in [0.717, 1.165) is 25.7 Å². The fourth-order valence-electron chi connectivity index (χ4n) is 3.46. The van der Waals surface area contributed by atoms with Crippen LogP contribution in [0.1, 0.15) is 123 Å². The zero-order chi connectivity index (χ0) is 23.5. The van der Waals surface area contributed by atoms with Crippen LogP contribution in [0.5, 0.6) is 0 Å². The topological polar surface area (TPSA) is 55.8 Å². The van der Waals surface area contributed by atoms with E-state index in [4.69, 9.17) is 9.47 Å². The number of esters is 1. The van der Waals surface area contributed by atoms with Crippen LogP contribution in [0.4, 0.5) is 0 Å². The fourth-order valence-corrected chi connectivity index (χ4v) is 3.46. The Balaban J connectivity index is 3.45. The van der Waals surface area contributed by atoms with Gasteiger partial charge in [0.2, 0.25) is 0 Å². The summed E-state index contributed by atoms with van der Waals surface area (Å²) in [6.45, 7) is 5.19. The van der Waals surface area contributed by atoms with E-state index in [0.29, 0.717) is 13.0 Å². The molecule has 4 nitrogen and oxygen atoms in total. The first-order chi connectivity index (χ1) is 15.7. The van der Waals surface area contributed by atoms with Gasteiger partial charge in [0.25, 0.3) is 0 Å². The van der Waals surface area contributed by atoms with E-state index in [9.17, 15) is 9.90 Å². The molecule has 0 heterocycles. The lowest BCUT2D eigenvalue weighted by molar-refractivity contribution is -0.154. The Morgan fingerprint density at radius 3 is 2.03 bits per heavy atom. The van der Waals surface area contributed by atoms with Gasteiger partial charge in [0.1, 0.15) is 6.10 Å². The summed E-state index contributed by atoms with van der Waals surface area (Å²) < 4.78 is 10.9. The maximum Gasteiger partial charge on any atom is 0.306 e. The number of aliphatic hydroxyl groups is 1. The fraction of sp³-hybridized carbons (Fsp3) is 0.821. The highest BCUT2D eigenvalue weighted by atomic mass is 16.6. The van der Waals surface area contributed by atoms with Gasteiger partial charge in [0.15, 0.2) is 0 Å². The average molecular weight is 453 g/mol. The maximum absolute atomic E-state index is 11.8. The van der Waals surface area contributed by atoms with Gasteiger partial charge in [-0.3, -0.25) is 4.79 Å². The molecular formula is C28H52O4. The minimum atomic E-state index is -0.530. The predicted molar refractivity (Wildman–Crippen MR) is 136 cm³/mol. The van der Waals surface area contributed by atoms with E-state index in [1.165, 1.54) is 77.0 Å². The van der Waals surface area contributed by atoms with Crippen molar-refractivity contribution in [3.05, 3.63) is 24.3 Å². The van der Waals surface area contributed by atoms with Gasteiger partial charge in [0, 0.05) is 13.0 Å². The summed E-state index contributed by atoms with van der Waals surface area (Å²) in [4.78, 5) is 11.8. The Hall–Kier alpha value is -1.13. The Morgan fingerprint density at radius 1 is 0.750 bits per heavy atom. The number of carbonyl (C=O) groups excluding carboxylic acids is 1. The number of hydrogen-bond donors (Lipinski definition) is 1. The second-order valence-corrected chi connectivity index (χ2v) is 8.76. The minimum absolute atomic E-state index is 0.175. The third-order valence-corrected chi connectivity index (χ3v) is 5.53. The van der Waals surface area contributed by atoms with Crippen LogP contribution in [-0.4, -0.2) is 37.0 Å². The van der Waals surface area contributed by atoms with Crippen LogP contribution in [0.2, 0.25) is 0 Å². The van der Waals surface area contributed by atoms with Crippen LogP contribution in [0.25, 0.3) is 0 Å². The minimum Gasteiger partial charge on any atom is -0.457 e. The van der Waals surface area contributed by atoms with Gasteiger partial charge in [0.05, 0.1) is 13.2 Å². The number of allylic oxidation sites excluding steroid dienone is 4. The lowest BCUT2D eigenvalue weighted by Crippen LogP contribution is -2.27. The molecule has 0 aliphatic heterocycles. The first kappa shape index (κ1) is 30.9. The van der Waals surface area contributed by atoms with Gasteiger partial charge in [-0.1, -0.05) is 102 Å². The van der Waals surface area contributed by atoms with E-state index in [1.807, 2.05) is 0 Å². The summed E-state index contributed by atoms with van der Waals surface area (Å²) in [6, 6.07) is 0. The monoisotopic (exact) mass is 452 g/mol. The average Bonchev–Trinajstić information content (AvgIpc) is 2.80. The summed E-state index contributed by atoms with van der Waals surface area (Å²) in [7, 11) is 0. The van der Waals surface area contributed by atoms with Crippen LogP contribution in [0.3, 0.4) is 0 Å². The molecular weight excluding hydrogens is 400 g/mol. The number of carbonyl (C=O) groups is 1. The quantitative estimate of drug-likeness (QED) is 0.0926. The van der Waals surface area contributed by atoms with E-state index >= 15 is 0 Å². The van der Waals surface area contributed by atoms with Crippen molar-refractivity contribution in [2.45, 2.75) is 129 Å². The maximum atomic E-state index is 11.8. The lowest BCUT2D eigenvalue weighted by Gasteiger charge is -2.15. The van der Waals surface area contributed by atoms with E-state index in [2.05, 4.69) is 38.2 Å². The normalized spacial score (nSPS) is 12.7. The summed E-state index contributed by atoms with van der Waals surface area (Å²) in [5, 5.41) is 9.39. The van der Waals surface area contributed by atoms with Crippen LogP contribution < -0.4 is 0 Å². The zero-order valence-corrected chi connectivity index (χ0v) is 21.2. The zero-order valence-electron chi connectivity index (χ0n) is 21.2. The number of ether oxygens (including phenoxy) is 2. The molecule has 0 aliphatic carbocycles.